The van der Waals surface area contributed by atoms with Gasteiger partial charge < -0.3 is 5.32 Å². The first-order chi connectivity index (χ1) is 9.92. The zero-order valence-electron chi connectivity index (χ0n) is 11.2. The summed E-state index contributed by atoms with van der Waals surface area (Å²) in [7, 11) is 0. The van der Waals surface area contributed by atoms with Crippen molar-refractivity contribution in [1.82, 2.24) is 4.98 Å². The molecular formula is C17H16N2S. The molecule has 100 valence electrons. The molecule has 3 heteroatoms. The van der Waals surface area contributed by atoms with Crippen LogP contribution in [0.25, 0.3) is 10.2 Å². The summed E-state index contributed by atoms with van der Waals surface area (Å²) in [5, 5.41) is 4.89. The van der Waals surface area contributed by atoms with Crippen molar-refractivity contribution >= 4 is 32.9 Å². The van der Waals surface area contributed by atoms with E-state index in [4.69, 9.17) is 0 Å². The molecule has 4 rings (SSSR count). The number of anilines is 2. The Bertz CT molecular complexity index is 746. The number of aryl methyl sites for hydroxylation is 2. The van der Waals surface area contributed by atoms with Crippen LogP contribution in [0.1, 0.15) is 23.3 Å². The molecule has 0 fully saturated rings. The van der Waals surface area contributed by atoms with E-state index < -0.39 is 0 Å². The minimum absolute atomic E-state index is 1.13. The number of nitrogens with zero attached hydrogens (tertiary/aromatic N) is 1. The van der Waals surface area contributed by atoms with Gasteiger partial charge in [0, 0.05) is 22.1 Å². The van der Waals surface area contributed by atoms with E-state index in [1.54, 1.807) is 4.88 Å². The van der Waals surface area contributed by atoms with Crippen LogP contribution in [0.4, 0.5) is 11.4 Å². The fraction of sp³-hybridized carbons (Fsp3) is 0.235. The molecule has 2 aromatic heterocycles. The van der Waals surface area contributed by atoms with E-state index in [2.05, 4.69) is 40.6 Å². The molecule has 0 amide bonds. The van der Waals surface area contributed by atoms with Gasteiger partial charge in [0.2, 0.25) is 0 Å². The Morgan fingerprint density at radius 3 is 2.75 bits per heavy atom. The Hall–Kier alpha value is -1.87. The van der Waals surface area contributed by atoms with Crippen molar-refractivity contribution in [3.8, 4) is 0 Å². The Morgan fingerprint density at radius 2 is 1.85 bits per heavy atom. The second-order valence-corrected chi connectivity index (χ2v) is 6.32. The molecular weight excluding hydrogens is 264 g/mol. The highest BCUT2D eigenvalue weighted by Gasteiger charge is 2.18. The highest BCUT2D eigenvalue weighted by molar-refractivity contribution is 7.19. The van der Waals surface area contributed by atoms with Gasteiger partial charge in [-0.15, -0.1) is 11.3 Å². The van der Waals surface area contributed by atoms with Crippen molar-refractivity contribution in [2.75, 3.05) is 5.32 Å². The molecule has 2 heterocycles. The van der Waals surface area contributed by atoms with E-state index in [-0.39, 0.29) is 0 Å². The first-order valence-corrected chi connectivity index (χ1v) is 7.95. The normalized spacial score (nSPS) is 14.2. The van der Waals surface area contributed by atoms with Gasteiger partial charge in [0.15, 0.2) is 0 Å². The molecule has 2 nitrogen and oxygen atoms in total. The fourth-order valence-corrected chi connectivity index (χ4v) is 4.22. The van der Waals surface area contributed by atoms with Gasteiger partial charge in [-0.1, -0.05) is 18.2 Å². The molecule has 0 aliphatic heterocycles. The minimum Gasteiger partial charge on any atom is -0.355 e. The molecule has 0 atom stereocenters. The van der Waals surface area contributed by atoms with E-state index in [9.17, 15) is 0 Å². The zero-order valence-corrected chi connectivity index (χ0v) is 12.0. The molecule has 0 spiro atoms. The van der Waals surface area contributed by atoms with Crippen LogP contribution < -0.4 is 5.32 Å². The largest absolute Gasteiger partial charge is 0.355 e. The first-order valence-electron chi connectivity index (χ1n) is 7.13. The lowest BCUT2D eigenvalue weighted by Crippen LogP contribution is -1.99. The van der Waals surface area contributed by atoms with E-state index in [1.807, 2.05) is 23.6 Å². The third-order valence-corrected chi connectivity index (χ3v) is 5.11. The summed E-state index contributed by atoms with van der Waals surface area (Å²) >= 11 is 1.87. The lowest BCUT2D eigenvalue weighted by Gasteiger charge is -2.13. The standard InChI is InChI=1S/C17H16N2S/c1-2-6-12(7-3-1)19-14-10-11-18-17-16(14)13-8-4-5-9-15(13)20-17/h1-3,6-7,10-11H,4-5,8-9H2,(H,18,19). The summed E-state index contributed by atoms with van der Waals surface area (Å²) < 4.78 is 0. The molecule has 1 aliphatic carbocycles. The Balaban J connectivity index is 1.85. The van der Waals surface area contributed by atoms with Crippen LogP contribution in [-0.2, 0) is 12.8 Å². The molecule has 0 unspecified atom stereocenters. The summed E-state index contributed by atoms with van der Waals surface area (Å²) in [6, 6.07) is 12.5. The number of rotatable bonds is 2. The van der Waals surface area contributed by atoms with Crippen LogP contribution in [-0.4, -0.2) is 4.98 Å². The highest BCUT2D eigenvalue weighted by atomic mass is 32.1. The number of hydrogen-bond acceptors (Lipinski definition) is 3. The average Bonchev–Trinajstić information content (AvgIpc) is 2.88. The van der Waals surface area contributed by atoms with Gasteiger partial charge in [0.05, 0.1) is 5.69 Å². The zero-order chi connectivity index (χ0) is 13.4. The Labute approximate surface area is 122 Å². The highest BCUT2D eigenvalue weighted by Crippen LogP contribution is 2.39. The monoisotopic (exact) mass is 280 g/mol. The molecule has 1 aliphatic rings. The van der Waals surface area contributed by atoms with E-state index in [0.717, 1.165) is 5.69 Å². The van der Waals surface area contributed by atoms with E-state index >= 15 is 0 Å². The van der Waals surface area contributed by atoms with Gasteiger partial charge in [-0.05, 0) is 49.4 Å². The smallest absolute Gasteiger partial charge is 0.125 e. The van der Waals surface area contributed by atoms with Crippen LogP contribution >= 0.6 is 11.3 Å². The van der Waals surface area contributed by atoms with Crippen molar-refractivity contribution in [1.29, 1.82) is 0 Å². The van der Waals surface area contributed by atoms with Gasteiger partial charge in [0.1, 0.15) is 4.83 Å². The first kappa shape index (κ1) is 11.9. The number of benzene rings is 1. The third kappa shape index (κ3) is 1.98. The van der Waals surface area contributed by atoms with Gasteiger partial charge >= 0.3 is 0 Å². The summed E-state index contributed by atoms with van der Waals surface area (Å²) in [5.74, 6) is 0. The molecule has 0 saturated heterocycles. The Kier molecular flexibility index (Phi) is 2.92. The lowest BCUT2D eigenvalue weighted by molar-refractivity contribution is 0.700. The van der Waals surface area contributed by atoms with Crippen LogP contribution in [0.2, 0.25) is 0 Å². The van der Waals surface area contributed by atoms with Crippen LogP contribution in [0.3, 0.4) is 0 Å². The second-order valence-electron chi connectivity index (χ2n) is 5.24. The number of thiophene rings is 1. The second kappa shape index (κ2) is 4.91. The number of nitrogens with one attached hydrogen (secondary N) is 1. The van der Waals surface area contributed by atoms with Gasteiger partial charge in [-0.25, -0.2) is 4.98 Å². The maximum absolute atomic E-state index is 4.57. The van der Waals surface area contributed by atoms with Crippen molar-refractivity contribution in [2.45, 2.75) is 25.7 Å². The van der Waals surface area contributed by atoms with Crippen molar-refractivity contribution in [3.05, 3.63) is 53.0 Å². The lowest BCUT2D eigenvalue weighted by atomic mass is 9.96. The van der Waals surface area contributed by atoms with E-state index in [0.29, 0.717) is 0 Å². The van der Waals surface area contributed by atoms with Gasteiger partial charge in [-0.2, -0.15) is 0 Å². The molecule has 0 radical (unpaired) electrons. The van der Waals surface area contributed by atoms with Crippen LogP contribution in [0, 0.1) is 0 Å². The molecule has 0 bridgehead atoms. The number of para-hydroxylation sites is 1. The number of fused-ring (bicyclic) bond motifs is 3. The number of hydrogen-bond donors (Lipinski definition) is 1. The quantitative estimate of drug-likeness (QED) is 0.720. The van der Waals surface area contributed by atoms with Crippen LogP contribution in [0.5, 0.6) is 0 Å². The maximum Gasteiger partial charge on any atom is 0.125 e. The summed E-state index contributed by atoms with van der Waals surface area (Å²) in [6.45, 7) is 0. The molecule has 1 aromatic carbocycles. The number of aromatic nitrogens is 1. The predicted octanol–water partition coefficient (Wildman–Crippen LogP) is 4.92. The summed E-state index contributed by atoms with van der Waals surface area (Å²) in [4.78, 5) is 7.29. The molecule has 3 aromatic rings. The SMILES string of the molecule is c1ccc(Nc2ccnc3sc4c(c23)CCCC4)cc1. The molecule has 1 N–H and O–H groups in total. The van der Waals surface area contributed by atoms with Crippen molar-refractivity contribution in [2.24, 2.45) is 0 Å². The number of pyridine rings is 1. The molecule has 20 heavy (non-hydrogen) atoms. The van der Waals surface area contributed by atoms with Gasteiger partial charge in [0.25, 0.3) is 0 Å². The van der Waals surface area contributed by atoms with Crippen molar-refractivity contribution < 1.29 is 0 Å². The summed E-state index contributed by atoms with van der Waals surface area (Å²) in [5.41, 5.74) is 3.86. The van der Waals surface area contributed by atoms with Crippen molar-refractivity contribution in [3.63, 3.8) is 0 Å². The maximum atomic E-state index is 4.57. The molecule has 0 saturated carbocycles. The summed E-state index contributed by atoms with van der Waals surface area (Å²) in [6.07, 6.45) is 6.96. The Morgan fingerprint density at radius 1 is 1.00 bits per heavy atom. The average molecular weight is 280 g/mol. The fourth-order valence-electron chi connectivity index (χ4n) is 2.96. The third-order valence-electron chi connectivity index (χ3n) is 3.91. The predicted molar refractivity (Wildman–Crippen MR) is 86.0 cm³/mol. The van der Waals surface area contributed by atoms with E-state index in [1.165, 1.54) is 47.2 Å². The van der Waals surface area contributed by atoms with Gasteiger partial charge in [-0.3, -0.25) is 0 Å². The minimum atomic E-state index is 1.13. The topological polar surface area (TPSA) is 24.9 Å². The van der Waals surface area contributed by atoms with Crippen LogP contribution in [0.15, 0.2) is 42.6 Å².